The molecule has 0 atom stereocenters. The smallest absolute Gasteiger partial charge is 0.0346 e. The Hall–Kier alpha value is -1.32. The number of benzene rings is 1. The van der Waals surface area contributed by atoms with Crippen LogP contribution in [0.4, 0.5) is 5.69 Å². The summed E-state index contributed by atoms with van der Waals surface area (Å²) in [4.78, 5) is 2.59. The van der Waals surface area contributed by atoms with Crippen molar-refractivity contribution in [3.05, 3.63) is 51.7 Å². The molecule has 0 aliphatic heterocycles. The quantitative estimate of drug-likeness (QED) is 0.839. The van der Waals surface area contributed by atoms with Crippen molar-refractivity contribution in [2.24, 2.45) is 0 Å². The summed E-state index contributed by atoms with van der Waals surface area (Å²) in [6, 6.07) is 9.24. The molecule has 2 nitrogen and oxygen atoms in total. The second-order valence-electron chi connectivity index (χ2n) is 5.40. The summed E-state index contributed by atoms with van der Waals surface area (Å²) in [7, 11) is 0. The van der Waals surface area contributed by atoms with Gasteiger partial charge in [0.05, 0.1) is 0 Å². The van der Waals surface area contributed by atoms with Crippen molar-refractivity contribution in [2.75, 3.05) is 5.73 Å². The number of thiophene rings is 1. The number of hydrogen-bond donors (Lipinski definition) is 1. The zero-order valence-electron chi connectivity index (χ0n) is 11.3. The van der Waals surface area contributed by atoms with E-state index in [2.05, 4.69) is 40.8 Å². The number of rotatable bonds is 5. The van der Waals surface area contributed by atoms with Crippen LogP contribution in [0.25, 0.3) is 0 Å². The summed E-state index contributed by atoms with van der Waals surface area (Å²) in [5, 5.41) is 4.41. The van der Waals surface area contributed by atoms with Crippen LogP contribution in [0.3, 0.4) is 0 Å². The molecule has 1 aromatic carbocycles. The fourth-order valence-electron chi connectivity index (χ4n) is 2.46. The number of hydrogen-bond acceptors (Lipinski definition) is 3. The molecule has 1 saturated carbocycles. The third-order valence-electron chi connectivity index (χ3n) is 3.89. The Bertz CT molecular complexity index is 544. The normalized spacial score (nSPS) is 15.1. The van der Waals surface area contributed by atoms with Crippen molar-refractivity contribution in [2.45, 2.75) is 38.9 Å². The molecule has 1 fully saturated rings. The van der Waals surface area contributed by atoms with Gasteiger partial charge in [-0.3, -0.25) is 4.90 Å². The van der Waals surface area contributed by atoms with Gasteiger partial charge in [-0.25, -0.2) is 0 Å². The highest BCUT2D eigenvalue weighted by atomic mass is 32.1. The molecule has 0 radical (unpaired) electrons. The molecule has 0 unspecified atom stereocenters. The van der Waals surface area contributed by atoms with Gasteiger partial charge >= 0.3 is 0 Å². The second-order valence-corrected chi connectivity index (χ2v) is 6.18. The van der Waals surface area contributed by atoms with E-state index in [0.29, 0.717) is 0 Å². The molecular formula is C16H20N2S. The van der Waals surface area contributed by atoms with Crippen LogP contribution in [-0.4, -0.2) is 10.9 Å². The van der Waals surface area contributed by atoms with E-state index in [1.807, 2.05) is 6.07 Å². The van der Waals surface area contributed by atoms with Crippen molar-refractivity contribution >= 4 is 17.0 Å². The standard InChI is InChI=1S/C16H20N2S/c1-12-14(3-2-4-16(12)17)10-18(15-5-6-15)9-13-7-8-19-11-13/h2-4,7-8,11,15H,5-6,9-10,17H2,1H3. The van der Waals surface area contributed by atoms with Crippen LogP contribution in [0.5, 0.6) is 0 Å². The lowest BCUT2D eigenvalue weighted by atomic mass is 10.1. The molecule has 0 bridgehead atoms. The predicted molar refractivity (Wildman–Crippen MR) is 82.2 cm³/mol. The maximum Gasteiger partial charge on any atom is 0.0346 e. The highest BCUT2D eigenvalue weighted by Gasteiger charge is 2.29. The summed E-state index contributed by atoms with van der Waals surface area (Å²) in [5.74, 6) is 0. The number of nitrogens with two attached hydrogens (primary N) is 1. The lowest BCUT2D eigenvalue weighted by Gasteiger charge is -2.23. The predicted octanol–water partition coefficient (Wildman–Crippen LogP) is 3.80. The number of nitrogens with zero attached hydrogens (tertiary/aromatic N) is 1. The van der Waals surface area contributed by atoms with Gasteiger partial charge in [0.15, 0.2) is 0 Å². The summed E-state index contributed by atoms with van der Waals surface area (Å²) >= 11 is 1.78. The Labute approximate surface area is 118 Å². The van der Waals surface area contributed by atoms with Gasteiger partial charge in [-0.05, 0) is 59.3 Å². The van der Waals surface area contributed by atoms with E-state index in [1.165, 1.54) is 29.5 Å². The fourth-order valence-corrected chi connectivity index (χ4v) is 3.12. The third-order valence-corrected chi connectivity index (χ3v) is 4.62. The fraction of sp³-hybridized carbons (Fsp3) is 0.375. The lowest BCUT2D eigenvalue weighted by molar-refractivity contribution is 0.245. The van der Waals surface area contributed by atoms with E-state index in [0.717, 1.165) is 24.8 Å². The molecule has 3 rings (SSSR count). The molecule has 2 N–H and O–H groups in total. The van der Waals surface area contributed by atoms with Gasteiger partial charge in [0.2, 0.25) is 0 Å². The van der Waals surface area contributed by atoms with Crippen molar-refractivity contribution in [1.29, 1.82) is 0 Å². The minimum Gasteiger partial charge on any atom is -0.399 e. The monoisotopic (exact) mass is 272 g/mol. The summed E-state index contributed by atoms with van der Waals surface area (Å²) in [6.07, 6.45) is 2.68. The molecule has 1 aromatic heterocycles. The minimum absolute atomic E-state index is 0.765. The van der Waals surface area contributed by atoms with Gasteiger partial charge < -0.3 is 5.73 Å². The second kappa shape index (κ2) is 5.35. The average Bonchev–Trinajstić information content (AvgIpc) is 3.13. The molecule has 0 saturated heterocycles. The van der Waals surface area contributed by atoms with Gasteiger partial charge in [0.1, 0.15) is 0 Å². The Morgan fingerprint density at radius 1 is 1.26 bits per heavy atom. The maximum atomic E-state index is 6.01. The van der Waals surface area contributed by atoms with Crippen molar-refractivity contribution in [3.63, 3.8) is 0 Å². The third kappa shape index (κ3) is 2.99. The van der Waals surface area contributed by atoms with E-state index in [9.17, 15) is 0 Å². The molecule has 3 heteroatoms. The van der Waals surface area contributed by atoms with Crippen LogP contribution in [-0.2, 0) is 13.1 Å². The first-order valence-electron chi connectivity index (χ1n) is 6.83. The molecule has 100 valence electrons. The Kier molecular flexibility index (Phi) is 3.58. The highest BCUT2D eigenvalue weighted by molar-refractivity contribution is 7.07. The van der Waals surface area contributed by atoms with E-state index in [4.69, 9.17) is 5.73 Å². The first-order valence-corrected chi connectivity index (χ1v) is 7.77. The molecule has 1 aliphatic rings. The topological polar surface area (TPSA) is 29.3 Å². The van der Waals surface area contributed by atoms with Crippen LogP contribution in [0.2, 0.25) is 0 Å². The van der Waals surface area contributed by atoms with Crippen LogP contribution >= 0.6 is 11.3 Å². The average molecular weight is 272 g/mol. The summed E-state index contributed by atoms with van der Waals surface area (Å²) in [6.45, 7) is 4.19. The molecule has 2 aromatic rings. The van der Waals surface area contributed by atoms with Gasteiger partial charge in [-0.2, -0.15) is 11.3 Å². The van der Waals surface area contributed by atoms with E-state index >= 15 is 0 Å². The first-order chi connectivity index (χ1) is 9.24. The maximum absolute atomic E-state index is 6.01. The zero-order valence-corrected chi connectivity index (χ0v) is 12.1. The molecular weight excluding hydrogens is 252 g/mol. The van der Waals surface area contributed by atoms with Crippen LogP contribution in [0.1, 0.15) is 29.5 Å². The van der Waals surface area contributed by atoms with E-state index < -0.39 is 0 Å². The van der Waals surface area contributed by atoms with Crippen molar-refractivity contribution < 1.29 is 0 Å². The van der Waals surface area contributed by atoms with Crippen molar-refractivity contribution in [3.8, 4) is 0 Å². The zero-order chi connectivity index (χ0) is 13.2. The lowest BCUT2D eigenvalue weighted by Crippen LogP contribution is -2.25. The van der Waals surface area contributed by atoms with Crippen LogP contribution in [0.15, 0.2) is 35.0 Å². The summed E-state index contributed by atoms with van der Waals surface area (Å²) in [5.41, 5.74) is 10.9. The van der Waals surface area contributed by atoms with Crippen LogP contribution < -0.4 is 5.73 Å². The van der Waals surface area contributed by atoms with Gasteiger partial charge in [-0.15, -0.1) is 0 Å². The first kappa shape index (κ1) is 12.7. The van der Waals surface area contributed by atoms with Gasteiger partial charge in [0, 0.05) is 24.8 Å². The SMILES string of the molecule is Cc1c(N)cccc1CN(Cc1ccsc1)C1CC1. The van der Waals surface area contributed by atoms with E-state index in [-0.39, 0.29) is 0 Å². The Morgan fingerprint density at radius 3 is 2.79 bits per heavy atom. The van der Waals surface area contributed by atoms with E-state index in [1.54, 1.807) is 11.3 Å². The number of nitrogen functional groups attached to an aromatic ring is 1. The van der Waals surface area contributed by atoms with Crippen LogP contribution in [0, 0.1) is 6.92 Å². The Morgan fingerprint density at radius 2 is 2.11 bits per heavy atom. The largest absolute Gasteiger partial charge is 0.399 e. The summed E-state index contributed by atoms with van der Waals surface area (Å²) < 4.78 is 0. The Balaban J connectivity index is 1.76. The molecule has 1 aliphatic carbocycles. The highest BCUT2D eigenvalue weighted by Crippen LogP contribution is 2.31. The molecule has 19 heavy (non-hydrogen) atoms. The van der Waals surface area contributed by atoms with Crippen molar-refractivity contribution in [1.82, 2.24) is 4.90 Å². The molecule has 0 spiro atoms. The number of anilines is 1. The molecule has 1 heterocycles. The minimum atomic E-state index is 0.765. The molecule has 0 amide bonds. The van der Waals surface area contributed by atoms with Gasteiger partial charge in [-0.1, -0.05) is 12.1 Å². The van der Waals surface area contributed by atoms with Gasteiger partial charge in [0.25, 0.3) is 0 Å².